The Kier molecular flexibility index (Phi) is 4.78. The van der Waals surface area contributed by atoms with Gasteiger partial charge in [0.15, 0.2) is 5.82 Å². The average Bonchev–Trinajstić information content (AvgIpc) is 2.99. The molecular weight excluding hydrogens is 309 g/mol. The number of ether oxygens (including phenoxy) is 1. The summed E-state index contributed by atoms with van der Waals surface area (Å²) in [5.74, 6) is 0.580. The largest absolute Gasteiger partial charge is 0.411 e. The smallest absolute Gasteiger partial charge is 0.378 e. The quantitative estimate of drug-likeness (QED) is 0.824. The Morgan fingerprint density at radius 2 is 2.14 bits per heavy atom. The molecule has 0 aromatic carbocycles. The van der Waals surface area contributed by atoms with Gasteiger partial charge in [0.05, 0.1) is 17.9 Å². The molecule has 2 aromatic rings. The highest BCUT2D eigenvalue weighted by atomic mass is 32.1. The molecular formula is C11H13F3N4O2S. The fourth-order valence-corrected chi connectivity index (χ4v) is 2.34. The summed E-state index contributed by atoms with van der Waals surface area (Å²) in [5.41, 5.74) is 1.45. The van der Waals surface area contributed by atoms with Gasteiger partial charge in [0.2, 0.25) is 0 Å². The molecule has 21 heavy (non-hydrogen) atoms. The second-order valence-electron chi connectivity index (χ2n) is 4.16. The van der Waals surface area contributed by atoms with Crippen LogP contribution in [0, 0.1) is 6.92 Å². The lowest BCUT2D eigenvalue weighted by molar-refractivity contribution is -0.173. The Labute approximate surface area is 122 Å². The van der Waals surface area contributed by atoms with Gasteiger partial charge in [-0.25, -0.2) is 0 Å². The van der Waals surface area contributed by atoms with E-state index < -0.39 is 12.8 Å². The molecule has 0 aliphatic rings. The molecule has 0 saturated heterocycles. The summed E-state index contributed by atoms with van der Waals surface area (Å²) in [4.78, 5) is 4.14. The van der Waals surface area contributed by atoms with Gasteiger partial charge in [-0.05, 0) is 18.5 Å². The van der Waals surface area contributed by atoms with Crippen LogP contribution in [0.25, 0.3) is 11.5 Å². The van der Waals surface area contributed by atoms with E-state index in [1.54, 1.807) is 7.05 Å². The lowest BCUT2D eigenvalue weighted by atomic mass is 10.2. The van der Waals surface area contributed by atoms with Gasteiger partial charge in [-0.15, -0.1) is 0 Å². The normalized spacial score (nSPS) is 11.9. The number of rotatable bonds is 6. The summed E-state index contributed by atoms with van der Waals surface area (Å²) < 4.78 is 49.5. The van der Waals surface area contributed by atoms with Gasteiger partial charge in [-0.2, -0.15) is 22.5 Å². The molecule has 1 N–H and O–H groups in total. The molecule has 0 bridgehead atoms. The average molecular weight is 322 g/mol. The van der Waals surface area contributed by atoms with Crippen molar-refractivity contribution in [3.63, 3.8) is 0 Å². The number of alkyl halides is 3. The zero-order valence-corrected chi connectivity index (χ0v) is 12.1. The van der Waals surface area contributed by atoms with Crippen LogP contribution in [-0.4, -0.2) is 41.0 Å². The van der Waals surface area contributed by atoms with Gasteiger partial charge in [0.1, 0.15) is 11.6 Å². The number of nitrogens with one attached hydrogen (secondary N) is 1. The molecule has 0 amide bonds. The van der Waals surface area contributed by atoms with Crippen LogP contribution in [0.5, 0.6) is 0 Å². The molecule has 6 nitrogen and oxygen atoms in total. The second kappa shape index (κ2) is 6.39. The minimum absolute atomic E-state index is 0.127. The SMILES string of the molecule is CNc1snc(C)c1-c1nc(CCOCC(F)(F)F)no1. The molecule has 2 aromatic heterocycles. The molecule has 0 radical (unpaired) electrons. The first-order valence-electron chi connectivity index (χ1n) is 6.02. The molecule has 0 spiro atoms. The first-order valence-corrected chi connectivity index (χ1v) is 6.79. The first-order chi connectivity index (χ1) is 9.90. The van der Waals surface area contributed by atoms with Crippen molar-refractivity contribution in [1.82, 2.24) is 14.5 Å². The van der Waals surface area contributed by atoms with E-state index in [-0.39, 0.29) is 18.9 Å². The van der Waals surface area contributed by atoms with Crippen LogP contribution in [0.2, 0.25) is 0 Å². The predicted molar refractivity (Wildman–Crippen MR) is 70.3 cm³/mol. The van der Waals surface area contributed by atoms with Crippen molar-refractivity contribution < 1.29 is 22.4 Å². The van der Waals surface area contributed by atoms with Crippen molar-refractivity contribution >= 4 is 16.5 Å². The van der Waals surface area contributed by atoms with E-state index in [0.29, 0.717) is 11.4 Å². The number of hydrogen-bond donors (Lipinski definition) is 1. The molecule has 116 valence electrons. The highest BCUT2D eigenvalue weighted by Crippen LogP contribution is 2.33. The van der Waals surface area contributed by atoms with Crippen LogP contribution < -0.4 is 5.32 Å². The predicted octanol–water partition coefficient (Wildman–Crippen LogP) is 2.66. The van der Waals surface area contributed by atoms with Crippen molar-refractivity contribution in [2.75, 3.05) is 25.6 Å². The van der Waals surface area contributed by atoms with Crippen molar-refractivity contribution in [1.29, 1.82) is 0 Å². The highest BCUT2D eigenvalue weighted by Gasteiger charge is 2.27. The fourth-order valence-electron chi connectivity index (χ4n) is 1.60. The summed E-state index contributed by atoms with van der Waals surface area (Å²) in [5, 5.41) is 7.48. The van der Waals surface area contributed by atoms with Gasteiger partial charge in [0, 0.05) is 13.5 Å². The summed E-state index contributed by atoms with van der Waals surface area (Å²) in [7, 11) is 1.75. The van der Waals surface area contributed by atoms with E-state index in [1.165, 1.54) is 11.5 Å². The third-order valence-electron chi connectivity index (χ3n) is 2.51. The number of anilines is 1. The second-order valence-corrected chi connectivity index (χ2v) is 4.93. The van der Waals surface area contributed by atoms with Crippen molar-refractivity contribution in [3.05, 3.63) is 11.5 Å². The molecule has 0 atom stereocenters. The summed E-state index contributed by atoms with van der Waals surface area (Å²) >= 11 is 1.27. The van der Waals surface area contributed by atoms with Crippen LogP contribution in [0.3, 0.4) is 0 Å². The van der Waals surface area contributed by atoms with Gasteiger partial charge in [-0.1, -0.05) is 5.16 Å². The highest BCUT2D eigenvalue weighted by molar-refractivity contribution is 7.10. The Morgan fingerprint density at radius 1 is 1.38 bits per heavy atom. The van der Waals surface area contributed by atoms with Gasteiger partial charge < -0.3 is 14.6 Å². The van der Waals surface area contributed by atoms with E-state index in [0.717, 1.165) is 10.7 Å². The molecule has 0 saturated carbocycles. The van der Waals surface area contributed by atoms with E-state index in [2.05, 4.69) is 24.6 Å². The molecule has 0 aliphatic heterocycles. The minimum atomic E-state index is -4.33. The molecule has 10 heteroatoms. The van der Waals surface area contributed by atoms with Crippen molar-refractivity contribution in [2.45, 2.75) is 19.5 Å². The molecule has 2 rings (SSSR count). The van der Waals surface area contributed by atoms with Gasteiger partial charge >= 0.3 is 6.18 Å². The zero-order chi connectivity index (χ0) is 15.5. The monoisotopic (exact) mass is 322 g/mol. The third kappa shape index (κ3) is 4.14. The summed E-state index contributed by atoms with van der Waals surface area (Å²) in [6.07, 6.45) is -4.19. The van der Waals surface area contributed by atoms with Crippen LogP contribution in [-0.2, 0) is 11.2 Å². The maximum atomic E-state index is 11.9. The van der Waals surface area contributed by atoms with Crippen LogP contribution in [0.15, 0.2) is 4.52 Å². The van der Waals surface area contributed by atoms with Crippen LogP contribution in [0.1, 0.15) is 11.5 Å². The number of hydrogen-bond acceptors (Lipinski definition) is 7. The molecule has 0 unspecified atom stereocenters. The standard InChI is InChI=1S/C11H13F3N4O2S/c1-6-8(10(15-2)21-18-6)9-16-7(17-20-9)3-4-19-5-11(12,13)14/h15H,3-5H2,1-2H3. The van der Waals surface area contributed by atoms with Crippen molar-refractivity contribution in [2.24, 2.45) is 0 Å². The van der Waals surface area contributed by atoms with Crippen molar-refractivity contribution in [3.8, 4) is 11.5 Å². The Hall–Kier alpha value is -1.68. The molecule has 0 fully saturated rings. The van der Waals surface area contributed by atoms with E-state index >= 15 is 0 Å². The lowest BCUT2D eigenvalue weighted by Crippen LogP contribution is -2.18. The Bertz CT molecular complexity index is 597. The molecule has 2 heterocycles. The minimum Gasteiger partial charge on any atom is -0.378 e. The van der Waals surface area contributed by atoms with Gasteiger partial charge in [-0.3, -0.25) is 0 Å². The van der Waals surface area contributed by atoms with E-state index in [4.69, 9.17) is 4.52 Å². The lowest BCUT2D eigenvalue weighted by Gasteiger charge is -2.05. The topological polar surface area (TPSA) is 73.1 Å². The number of aromatic nitrogens is 3. The molecule has 0 aliphatic carbocycles. The third-order valence-corrected chi connectivity index (χ3v) is 3.46. The maximum Gasteiger partial charge on any atom is 0.411 e. The number of nitrogens with zero attached hydrogens (tertiary/aromatic N) is 3. The number of aryl methyl sites for hydroxylation is 1. The summed E-state index contributed by atoms with van der Waals surface area (Å²) in [6, 6.07) is 0. The number of halogens is 3. The zero-order valence-electron chi connectivity index (χ0n) is 11.3. The van der Waals surface area contributed by atoms with Crippen LogP contribution in [0.4, 0.5) is 18.2 Å². The van der Waals surface area contributed by atoms with Crippen LogP contribution >= 0.6 is 11.5 Å². The first kappa shape index (κ1) is 15.7. The Balaban J connectivity index is 1.97. The van der Waals surface area contributed by atoms with E-state index in [1.807, 2.05) is 6.92 Å². The van der Waals surface area contributed by atoms with Gasteiger partial charge in [0.25, 0.3) is 5.89 Å². The van der Waals surface area contributed by atoms with E-state index in [9.17, 15) is 13.2 Å². The maximum absolute atomic E-state index is 11.9. The Morgan fingerprint density at radius 3 is 2.81 bits per heavy atom. The fraction of sp³-hybridized carbons (Fsp3) is 0.545. The summed E-state index contributed by atoms with van der Waals surface area (Å²) in [6.45, 7) is 0.399.